The van der Waals surface area contributed by atoms with Gasteiger partial charge in [-0.25, -0.2) is 0 Å². The number of hydrogen-bond donors (Lipinski definition) is 0. The van der Waals surface area contributed by atoms with Crippen LogP contribution >= 0.6 is 0 Å². The Morgan fingerprint density at radius 2 is 1.71 bits per heavy atom. The number of carbonyl (C=O) groups is 1. The van der Waals surface area contributed by atoms with E-state index in [-0.39, 0.29) is 17.4 Å². The number of Topliss-reactive ketones (excluding diaryl/α,β-unsaturated/α-hetero) is 1. The number of piperidine rings is 3. The maximum absolute atomic E-state index is 12.9. The zero-order chi connectivity index (χ0) is 17.5. The lowest BCUT2D eigenvalue weighted by Gasteiger charge is -2.47. The molecule has 132 valence electrons. The molecule has 0 amide bonds. The SMILES string of the molecule is CN(C)CC(c1ccc(C(C)(C)C)cc1)C1C(=O)C2CCN1CC2. The highest BCUT2D eigenvalue weighted by Gasteiger charge is 2.45. The van der Waals surface area contributed by atoms with Crippen molar-refractivity contribution in [3.63, 3.8) is 0 Å². The predicted octanol–water partition coefficient (Wildman–Crippen LogP) is 3.29. The molecule has 3 fully saturated rings. The second kappa shape index (κ2) is 6.61. The summed E-state index contributed by atoms with van der Waals surface area (Å²) < 4.78 is 0. The first-order valence-corrected chi connectivity index (χ1v) is 9.30. The number of hydrogen-bond acceptors (Lipinski definition) is 3. The van der Waals surface area contributed by atoms with Crippen molar-refractivity contribution in [3.8, 4) is 0 Å². The first-order valence-electron chi connectivity index (χ1n) is 9.30. The van der Waals surface area contributed by atoms with Crippen molar-refractivity contribution in [3.05, 3.63) is 35.4 Å². The van der Waals surface area contributed by atoms with Crippen molar-refractivity contribution in [2.45, 2.75) is 51.0 Å². The average Bonchev–Trinajstić information content (AvgIpc) is 2.53. The van der Waals surface area contributed by atoms with E-state index >= 15 is 0 Å². The molecule has 0 spiro atoms. The van der Waals surface area contributed by atoms with Gasteiger partial charge in [0.15, 0.2) is 5.78 Å². The van der Waals surface area contributed by atoms with Crippen LogP contribution in [0, 0.1) is 5.92 Å². The lowest BCUT2D eigenvalue weighted by Crippen LogP contribution is -2.58. The Labute approximate surface area is 147 Å². The van der Waals surface area contributed by atoms with E-state index in [1.54, 1.807) is 0 Å². The van der Waals surface area contributed by atoms with Crippen molar-refractivity contribution in [2.75, 3.05) is 33.7 Å². The normalized spacial score (nSPS) is 28.4. The van der Waals surface area contributed by atoms with Crippen LogP contribution in [0.5, 0.6) is 0 Å². The molecule has 3 aliphatic heterocycles. The Balaban J connectivity index is 1.91. The molecule has 2 atom stereocenters. The fraction of sp³-hybridized carbons (Fsp3) is 0.667. The van der Waals surface area contributed by atoms with Crippen LogP contribution in [-0.2, 0) is 10.2 Å². The molecule has 0 aromatic heterocycles. The Bertz CT molecular complexity index is 577. The number of fused-ring (bicyclic) bond motifs is 3. The van der Waals surface area contributed by atoms with Crippen LogP contribution in [0.25, 0.3) is 0 Å². The zero-order valence-corrected chi connectivity index (χ0v) is 15.9. The fourth-order valence-corrected chi connectivity index (χ4v) is 4.35. The molecule has 0 aliphatic carbocycles. The van der Waals surface area contributed by atoms with Crippen LogP contribution in [0.2, 0.25) is 0 Å². The van der Waals surface area contributed by atoms with E-state index in [9.17, 15) is 4.79 Å². The largest absolute Gasteiger partial charge is 0.309 e. The highest BCUT2D eigenvalue weighted by molar-refractivity contribution is 5.89. The van der Waals surface area contributed by atoms with Crippen molar-refractivity contribution >= 4 is 5.78 Å². The summed E-state index contributed by atoms with van der Waals surface area (Å²) in [6.45, 7) is 9.84. The monoisotopic (exact) mass is 328 g/mol. The average molecular weight is 329 g/mol. The minimum Gasteiger partial charge on any atom is -0.309 e. The molecule has 3 saturated heterocycles. The summed E-state index contributed by atoms with van der Waals surface area (Å²) in [7, 11) is 4.22. The van der Waals surface area contributed by atoms with Gasteiger partial charge in [0.25, 0.3) is 0 Å². The Morgan fingerprint density at radius 3 is 2.17 bits per heavy atom. The molecule has 0 radical (unpaired) electrons. The van der Waals surface area contributed by atoms with Crippen molar-refractivity contribution in [1.82, 2.24) is 9.80 Å². The summed E-state index contributed by atoms with van der Waals surface area (Å²) in [6, 6.07) is 9.08. The number of ketones is 1. The Hall–Kier alpha value is -1.19. The lowest BCUT2D eigenvalue weighted by molar-refractivity contribution is -0.138. The van der Waals surface area contributed by atoms with Gasteiger partial charge >= 0.3 is 0 Å². The Kier molecular flexibility index (Phi) is 4.85. The van der Waals surface area contributed by atoms with E-state index in [1.807, 2.05) is 0 Å². The van der Waals surface area contributed by atoms with E-state index in [1.165, 1.54) is 11.1 Å². The number of rotatable bonds is 4. The molecule has 1 aromatic rings. The molecule has 4 rings (SSSR count). The van der Waals surface area contributed by atoms with Crippen molar-refractivity contribution in [2.24, 2.45) is 5.92 Å². The molecule has 0 N–H and O–H groups in total. The van der Waals surface area contributed by atoms with Gasteiger partial charge in [-0.05, 0) is 56.6 Å². The van der Waals surface area contributed by atoms with E-state index in [2.05, 4.69) is 68.9 Å². The van der Waals surface area contributed by atoms with Crippen molar-refractivity contribution in [1.29, 1.82) is 0 Å². The topological polar surface area (TPSA) is 23.6 Å². The van der Waals surface area contributed by atoms with Crippen LogP contribution in [0.15, 0.2) is 24.3 Å². The molecule has 2 unspecified atom stereocenters. The van der Waals surface area contributed by atoms with E-state index in [0.29, 0.717) is 11.7 Å². The van der Waals surface area contributed by atoms with Crippen LogP contribution in [0.1, 0.15) is 50.7 Å². The lowest BCUT2D eigenvalue weighted by atomic mass is 9.74. The molecule has 2 bridgehead atoms. The van der Waals surface area contributed by atoms with E-state index < -0.39 is 0 Å². The number of likely N-dealkylation sites (N-methyl/N-ethyl adjacent to an activating group) is 1. The number of benzene rings is 1. The fourth-order valence-electron chi connectivity index (χ4n) is 4.35. The summed E-state index contributed by atoms with van der Waals surface area (Å²) in [5.74, 6) is 1.06. The predicted molar refractivity (Wildman–Crippen MR) is 99.5 cm³/mol. The van der Waals surface area contributed by atoms with Gasteiger partial charge in [0.05, 0.1) is 6.04 Å². The zero-order valence-electron chi connectivity index (χ0n) is 15.9. The third-order valence-electron chi connectivity index (χ3n) is 5.76. The van der Waals surface area contributed by atoms with Crippen LogP contribution in [0.4, 0.5) is 0 Å². The molecule has 24 heavy (non-hydrogen) atoms. The van der Waals surface area contributed by atoms with Crippen LogP contribution in [-0.4, -0.2) is 55.4 Å². The van der Waals surface area contributed by atoms with Crippen LogP contribution < -0.4 is 0 Å². The quantitative estimate of drug-likeness (QED) is 0.847. The molecule has 1 aromatic carbocycles. The van der Waals surface area contributed by atoms with Gasteiger partial charge < -0.3 is 4.90 Å². The molecular weight excluding hydrogens is 296 g/mol. The molecule has 3 aliphatic rings. The number of nitrogens with zero attached hydrogens (tertiary/aromatic N) is 2. The first kappa shape index (κ1) is 17.6. The maximum atomic E-state index is 12.9. The third-order valence-corrected chi connectivity index (χ3v) is 5.76. The van der Waals surface area contributed by atoms with Crippen molar-refractivity contribution < 1.29 is 4.79 Å². The minimum absolute atomic E-state index is 0.0698. The smallest absolute Gasteiger partial charge is 0.153 e. The first-order chi connectivity index (χ1) is 11.3. The second-order valence-corrected chi connectivity index (χ2v) is 8.90. The van der Waals surface area contributed by atoms with E-state index in [4.69, 9.17) is 0 Å². The number of carbonyl (C=O) groups excluding carboxylic acids is 1. The van der Waals surface area contributed by atoms with Gasteiger partial charge in [-0.15, -0.1) is 0 Å². The van der Waals surface area contributed by atoms with Gasteiger partial charge in [-0.2, -0.15) is 0 Å². The Morgan fingerprint density at radius 1 is 1.12 bits per heavy atom. The summed E-state index contributed by atoms with van der Waals surface area (Å²) in [6.07, 6.45) is 2.12. The summed E-state index contributed by atoms with van der Waals surface area (Å²) >= 11 is 0. The van der Waals surface area contributed by atoms with Gasteiger partial charge in [-0.1, -0.05) is 45.0 Å². The van der Waals surface area contributed by atoms with Gasteiger partial charge in [0.2, 0.25) is 0 Å². The van der Waals surface area contributed by atoms with Crippen LogP contribution in [0.3, 0.4) is 0 Å². The standard InChI is InChI=1S/C21H32N2O/c1-21(2,3)17-8-6-15(7-9-17)18(14-22(4)5)19-20(24)16-10-12-23(19)13-11-16/h6-9,16,18-19H,10-14H2,1-5H3. The summed E-state index contributed by atoms with van der Waals surface area (Å²) in [5, 5.41) is 0. The molecular formula is C21H32N2O. The van der Waals surface area contributed by atoms with Gasteiger partial charge in [0.1, 0.15) is 0 Å². The highest BCUT2D eigenvalue weighted by Crippen LogP contribution is 2.37. The van der Waals surface area contributed by atoms with Gasteiger partial charge in [0, 0.05) is 18.4 Å². The summed E-state index contributed by atoms with van der Waals surface area (Å²) in [5.41, 5.74) is 2.83. The van der Waals surface area contributed by atoms with Gasteiger partial charge in [-0.3, -0.25) is 9.69 Å². The second-order valence-electron chi connectivity index (χ2n) is 8.90. The third kappa shape index (κ3) is 3.43. The molecule has 3 heterocycles. The minimum atomic E-state index is 0.0698. The summed E-state index contributed by atoms with van der Waals surface area (Å²) in [4.78, 5) is 17.6. The van der Waals surface area contributed by atoms with E-state index in [0.717, 1.165) is 32.5 Å². The molecule has 0 saturated carbocycles. The highest BCUT2D eigenvalue weighted by atomic mass is 16.1. The maximum Gasteiger partial charge on any atom is 0.153 e. The molecule has 3 nitrogen and oxygen atoms in total. The molecule has 3 heteroatoms.